The van der Waals surface area contributed by atoms with Crippen LogP contribution < -0.4 is 10.6 Å². The van der Waals surface area contributed by atoms with Crippen LogP contribution in [0, 0.1) is 6.92 Å². The molecule has 1 atom stereocenters. The molecule has 1 aromatic carbocycles. The van der Waals surface area contributed by atoms with E-state index in [2.05, 4.69) is 15.6 Å². The number of nitrogens with one attached hydrogen (secondary N) is 2. The first-order valence-corrected chi connectivity index (χ1v) is 8.00. The lowest BCUT2D eigenvalue weighted by Crippen LogP contribution is -2.43. The molecule has 3 amide bonds. The number of carbonyl (C=O) groups is 3. The number of para-hydroxylation sites is 1. The summed E-state index contributed by atoms with van der Waals surface area (Å²) in [5, 5.41) is 5.01. The molecule has 132 valence electrons. The lowest BCUT2D eigenvalue weighted by atomic mass is 10.0. The van der Waals surface area contributed by atoms with E-state index in [0.717, 1.165) is 11.3 Å². The van der Waals surface area contributed by atoms with Crippen molar-refractivity contribution in [2.24, 2.45) is 0 Å². The largest absolute Gasteiger partial charge is 0.449 e. The molecule has 0 aliphatic heterocycles. The molecule has 7 nitrogen and oxygen atoms in total. The van der Waals surface area contributed by atoms with Crippen molar-refractivity contribution in [3.8, 4) is 0 Å². The first-order chi connectivity index (χ1) is 11.9. The van der Waals surface area contributed by atoms with Crippen molar-refractivity contribution in [2.45, 2.75) is 33.3 Å². The number of aryl methyl sites for hydroxylation is 1. The van der Waals surface area contributed by atoms with Crippen LogP contribution in [-0.4, -0.2) is 36.0 Å². The second-order valence-electron chi connectivity index (χ2n) is 5.55. The van der Waals surface area contributed by atoms with Gasteiger partial charge in [0.05, 0.1) is 11.1 Å². The van der Waals surface area contributed by atoms with Crippen LogP contribution >= 0.6 is 0 Å². The average molecular weight is 343 g/mol. The van der Waals surface area contributed by atoms with Gasteiger partial charge in [-0.1, -0.05) is 25.1 Å². The van der Waals surface area contributed by atoms with Gasteiger partial charge in [-0.25, -0.2) is 9.59 Å². The molecule has 0 aliphatic carbocycles. The Kier molecular flexibility index (Phi) is 5.69. The number of ether oxygens (including phenoxy) is 1. The van der Waals surface area contributed by atoms with E-state index >= 15 is 0 Å². The zero-order valence-electron chi connectivity index (χ0n) is 14.7. The van der Waals surface area contributed by atoms with Gasteiger partial charge < -0.3 is 10.1 Å². The molecule has 0 saturated carbocycles. The minimum Gasteiger partial charge on any atom is -0.449 e. The number of hydrogen-bond acceptors (Lipinski definition) is 5. The minimum absolute atomic E-state index is 0.391. The highest BCUT2D eigenvalue weighted by Crippen LogP contribution is 2.24. The van der Waals surface area contributed by atoms with E-state index in [4.69, 9.17) is 4.74 Å². The maximum absolute atomic E-state index is 12.7. The molecule has 2 N–H and O–H groups in total. The SMILES string of the molecule is CCc1nc2ccccc2c(C(=O)O[C@@H](C)C(=O)NC(=O)NC)c1C. The molecule has 7 heteroatoms. The van der Waals surface area contributed by atoms with Crippen molar-refractivity contribution < 1.29 is 19.1 Å². The molecule has 25 heavy (non-hydrogen) atoms. The number of fused-ring (bicyclic) bond motifs is 1. The maximum atomic E-state index is 12.7. The van der Waals surface area contributed by atoms with Crippen molar-refractivity contribution in [2.75, 3.05) is 7.05 Å². The fourth-order valence-electron chi connectivity index (χ4n) is 2.51. The molecule has 0 radical (unpaired) electrons. The Bertz CT molecular complexity index is 832. The van der Waals surface area contributed by atoms with Crippen molar-refractivity contribution in [3.63, 3.8) is 0 Å². The molecule has 0 spiro atoms. The van der Waals surface area contributed by atoms with Gasteiger partial charge in [0.1, 0.15) is 0 Å². The summed E-state index contributed by atoms with van der Waals surface area (Å²) in [5.41, 5.74) is 2.61. The van der Waals surface area contributed by atoms with Crippen molar-refractivity contribution in [3.05, 3.63) is 41.1 Å². The number of imide groups is 1. The number of esters is 1. The third-order valence-electron chi connectivity index (χ3n) is 3.89. The van der Waals surface area contributed by atoms with Gasteiger partial charge in [0.2, 0.25) is 0 Å². The first-order valence-electron chi connectivity index (χ1n) is 8.00. The third kappa shape index (κ3) is 3.93. The van der Waals surface area contributed by atoms with Crippen LogP contribution in [0.3, 0.4) is 0 Å². The summed E-state index contributed by atoms with van der Waals surface area (Å²) < 4.78 is 5.27. The molecule has 1 aromatic heterocycles. The van der Waals surface area contributed by atoms with Crippen LogP contribution in [0.25, 0.3) is 10.9 Å². The lowest BCUT2D eigenvalue weighted by molar-refractivity contribution is -0.127. The Morgan fingerprint density at radius 2 is 1.92 bits per heavy atom. The van der Waals surface area contributed by atoms with Crippen LogP contribution in [0.5, 0.6) is 0 Å². The van der Waals surface area contributed by atoms with Crippen LogP contribution in [0.2, 0.25) is 0 Å². The molecular weight excluding hydrogens is 322 g/mol. The van der Waals surface area contributed by atoms with E-state index in [1.807, 2.05) is 32.0 Å². The monoisotopic (exact) mass is 343 g/mol. The number of carbonyl (C=O) groups excluding carboxylic acids is 3. The molecule has 0 unspecified atom stereocenters. The Labute approximate surface area is 145 Å². The Morgan fingerprint density at radius 1 is 1.24 bits per heavy atom. The summed E-state index contributed by atoms with van der Waals surface area (Å²) in [7, 11) is 1.39. The Hall–Kier alpha value is -2.96. The van der Waals surface area contributed by atoms with Crippen molar-refractivity contribution in [1.29, 1.82) is 0 Å². The van der Waals surface area contributed by atoms with E-state index in [1.54, 1.807) is 6.07 Å². The predicted octanol–water partition coefficient (Wildman–Crippen LogP) is 2.11. The van der Waals surface area contributed by atoms with E-state index in [1.165, 1.54) is 14.0 Å². The fraction of sp³-hybridized carbons (Fsp3) is 0.333. The van der Waals surface area contributed by atoms with E-state index < -0.39 is 24.0 Å². The summed E-state index contributed by atoms with van der Waals surface area (Å²) >= 11 is 0. The number of amides is 3. The highest BCUT2D eigenvalue weighted by atomic mass is 16.5. The highest BCUT2D eigenvalue weighted by Gasteiger charge is 2.24. The van der Waals surface area contributed by atoms with Gasteiger partial charge in [-0.15, -0.1) is 0 Å². The molecule has 0 bridgehead atoms. The molecule has 2 aromatic rings. The van der Waals surface area contributed by atoms with E-state index in [9.17, 15) is 14.4 Å². The number of aromatic nitrogens is 1. The molecule has 2 rings (SSSR count). The van der Waals surface area contributed by atoms with Gasteiger partial charge in [-0.3, -0.25) is 15.1 Å². The van der Waals surface area contributed by atoms with Gasteiger partial charge in [0.15, 0.2) is 6.10 Å². The summed E-state index contributed by atoms with van der Waals surface area (Å²) in [6, 6.07) is 6.62. The number of hydrogen-bond donors (Lipinski definition) is 2. The van der Waals surface area contributed by atoms with E-state index in [-0.39, 0.29) is 0 Å². The topological polar surface area (TPSA) is 97.4 Å². The van der Waals surface area contributed by atoms with Gasteiger partial charge in [0.25, 0.3) is 5.91 Å². The number of pyridine rings is 1. The molecule has 0 fully saturated rings. The average Bonchev–Trinajstić information content (AvgIpc) is 2.60. The van der Waals surface area contributed by atoms with Crippen LogP contribution in [-0.2, 0) is 16.0 Å². The maximum Gasteiger partial charge on any atom is 0.339 e. The zero-order valence-corrected chi connectivity index (χ0v) is 14.7. The predicted molar refractivity (Wildman–Crippen MR) is 93.3 cm³/mol. The molecule has 0 saturated heterocycles. The standard InChI is InChI=1S/C18H21N3O4/c1-5-13-10(2)15(12-8-6-7-9-14(12)20-13)17(23)25-11(3)16(22)21-18(24)19-4/h6-9,11H,5H2,1-4H3,(H2,19,21,22,24)/t11-/m0/s1. The second-order valence-corrected chi connectivity index (χ2v) is 5.55. The lowest BCUT2D eigenvalue weighted by Gasteiger charge is -2.16. The molecule has 1 heterocycles. The van der Waals surface area contributed by atoms with Crippen molar-refractivity contribution in [1.82, 2.24) is 15.6 Å². The Balaban J connectivity index is 2.34. The molecule has 0 aliphatic rings. The zero-order chi connectivity index (χ0) is 18.6. The van der Waals surface area contributed by atoms with Crippen LogP contribution in [0.4, 0.5) is 4.79 Å². The van der Waals surface area contributed by atoms with E-state index in [0.29, 0.717) is 22.9 Å². The summed E-state index contributed by atoms with van der Waals surface area (Å²) in [5.74, 6) is -1.32. The van der Waals surface area contributed by atoms with Gasteiger partial charge in [-0.2, -0.15) is 0 Å². The van der Waals surface area contributed by atoms with Crippen LogP contribution in [0.1, 0.15) is 35.5 Å². The summed E-state index contributed by atoms with van der Waals surface area (Å²) in [4.78, 5) is 40.3. The minimum atomic E-state index is -1.11. The number of rotatable bonds is 4. The summed E-state index contributed by atoms with van der Waals surface area (Å²) in [6.45, 7) is 5.18. The normalized spacial score (nSPS) is 11.7. The highest BCUT2D eigenvalue weighted by molar-refractivity contribution is 6.06. The van der Waals surface area contributed by atoms with Gasteiger partial charge in [0, 0.05) is 18.1 Å². The smallest absolute Gasteiger partial charge is 0.339 e. The fourth-order valence-corrected chi connectivity index (χ4v) is 2.51. The van der Waals surface area contributed by atoms with Crippen LogP contribution in [0.15, 0.2) is 24.3 Å². The first kappa shape index (κ1) is 18.4. The summed E-state index contributed by atoms with van der Waals surface area (Å²) in [6.07, 6.45) is -0.440. The van der Waals surface area contributed by atoms with Gasteiger partial charge in [-0.05, 0) is 31.9 Å². The Morgan fingerprint density at radius 3 is 2.56 bits per heavy atom. The number of benzene rings is 1. The van der Waals surface area contributed by atoms with Gasteiger partial charge >= 0.3 is 12.0 Å². The number of nitrogens with zero attached hydrogens (tertiary/aromatic N) is 1. The number of urea groups is 1. The second kappa shape index (κ2) is 7.74. The molecular formula is C18H21N3O4. The third-order valence-corrected chi connectivity index (χ3v) is 3.89. The van der Waals surface area contributed by atoms with Crippen molar-refractivity contribution >= 4 is 28.8 Å². The quantitative estimate of drug-likeness (QED) is 0.829.